The second kappa shape index (κ2) is 9.30. The quantitative estimate of drug-likeness (QED) is 0.242. The van der Waals surface area contributed by atoms with Crippen LogP contribution in [0.1, 0.15) is 32.6 Å². The summed E-state index contributed by atoms with van der Waals surface area (Å²) in [5, 5.41) is 17.1. The van der Waals surface area contributed by atoms with Crippen molar-refractivity contribution in [1.29, 1.82) is 5.26 Å². The van der Waals surface area contributed by atoms with Gasteiger partial charge in [-0.15, -0.1) is 12.3 Å². The predicted octanol–water partition coefficient (Wildman–Crippen LogP) is 2.32. The summed E-state index contributed by atoms with van der Waals surface area (Å²) in [7, 11) is 0. The first-order valence-corrected chi connectivity index (χ1v) is 5.54. The lowest BCUT2D eigenvalue weighted by Gasteiger charge is -2.13. The lowest BCUT2D eigenvalue weighted by Crippen LogP contribution is -2.15. The zero-order valence-electron chi connectivity index (χ0n) is 9.98. The Balaban J connectivity index is 4.17. The molecule has 0 bridgehead atoms. The SMILES string of the molecule is C#CCC(CCCC)COC(=O)/C(C#N)=C\O. The molecule has 0 heterocycles. The van der Waals surface area contributed by atoms with Gasteiger partial charge in [-0.1, -0.05) is 19.8 Å². The van der Waals surface area contributed by atoms with Gasteiger partial charge in [-0.3, -0.25) is 0 Å². The molecule has 0 spiro atoms. The van der Waals surface area contributed by atoms with Crippen LogP contribution in [-0.4, -0.2) is 17.7 Å². The Hall–Kier alpha value is -1.94. The number of hydrogen-bond donors (Lipinski definition) is 1. The van der Waals surface area contributed by atoms with Crippen LogP contribution in [0.4, 0.5) is 0 Å². The smallest absolute Gasteiger partial charge is 0.352 e. The first kappa shape index (κ1) is 15.1. The van der Waals surface area contributed by atoms with E-state index in [-0.39, 0.29) is 12.5 Å². The molecule has 92 valence electrons. The fraction of sp³-hybridized carbons (Fsp3) is 0.538. The number of unbranched alkanes of at least 4 members (excludes halogenated alkanes) is 1. The van der Waals surface area contributed by atoms with E-state index in [2.05, 4.69) is 12.8 Å². The molecule has 0 aliphatic rings. The molecule has 4 heteroatoms. The van der Waals surface area contributed by atoms with E-state index in [0.717, 1.165) is 19.3 Å². The van der Waals surface area contributed by atoms with Gasteiger partial charge in [0.05, 0.1) is 6.61 Å². The molecule has 0 aromatic carbocycles. The number of aliphatic hydroxyl groups is 1. The number of carbonyl (C=O) groups is 1. The van der Waals surface area contributed by atoms with Crippen LogP contribution >= 0.6 is 0 Å². The molecule has 0 aromatic heterocycles. The largest absolute Gasteiger partial charge is 0.514 e. The molecule has 1 N–H and O–H groups in total. The number of carbonyl (C=O) groups excluding carboxylic acids is 1. The van der Waals surface area contributed by atoms with E-state index in [1.807, 2.05) is 0 Å². The van der Waals surface area contributed by atoms with Crippen LogP contribution in [0.2, 0.25) is 0 Å². The highest BCUT2D eigenvalue weighted by molar-refractivity contribution is 5.92. The van der Waals surface area contributed by atoms with E-state index in [1.54, 1.807) is 6.07 Å². The van der Waals surface area contributed by atoms with Crippen molar-refractivity contribution in [3.63, 3.8) is 0 Å². The predicted molar refractivity (Wildman–Crippen MR) is 63.7 cm³/mol. The van der Waals surface area contributed by atoms with Gasteiger partial charge in [-0.25, -0.2) is 4.79 Å². The van der Waals surface area contributed by atoms with E-state index >= 15 is 0 Å². The molecule has 17 heavy (non-hydrogen) atoms. The summed E-state index contributed by atoms with van der Waals surface area (Å²) in [6.45, 7) is 2.25. The van der Waals surface area contributed by atoms with Crippen LogP contribution < -0.4 is 0 Å². The Morgan fingerprint density at radius 1 is 1.65 bits per heavy atom. The Morgan fingerprint density at radius 3 is 2.82 bits per heavy atom. The second-order valence-corrected chi connectivity index (χ2v) is 3.67. The van der Waals surface area contributed by atoms with Gasteiger partial charge in [0.2, 0.25) is 0 Å². The number of terminal acetylenes is 1. The highest BCUT2D eigenvalue weighted by Crippen LogP contribution is 2.13. The molecule has 1 unspecified atom stereocenters. The lowest BCUT2D eigenvalue weighted by molar-refractivity contribution is -0.140. The van der Waals surface area contributed by atoms with Gasteiger partial charge < -0.3 is 9.84 Å². The Labute approximate surface area is 102 Å². The first-order valence-electron chi connectivity index (χ1n) is 5.54. The monoisotopic (exact) mass is 235 g/mol. The normalized spacial score (nSPS) is 12.3. The van der Waals surface area contributed by atoms with Gasteiger partial charge in [0.25, 0.3) is 0 Å². The van der Waals surface area contributed by atoms with Crippen molar-refractivity contribution < 1.29 is 14.6 Å². The highest BCUT2D eigenvalue weighted by atomic mass is 16.5. The number of esters is 1. The summed E-state index contributed by atoms with van der Waals surface area (Å²) in [5.74, 6) is 1.84. The Kier molecular flexibility index (Phi) is 8.24. The number of nitrogens with zero attached hydrogens (tertiary/aromatic N) is 1. The second-order valence-electron chi connectivity index (χ2n) is 3.67. The molecule has 0 aliphatic heterocycles. The Morgan fingerprint density at radius 2 is 2.35 bits per heavy atom. The van der Waals surface area contributed by atoms with Gasteiger partial charge in [-0.05, 0) is 6.42 Å². The molecular weight excluding hydrogens is 218 g/mol. The maximum absolute atomic E-state index is 11.3. The van der Waals surface area contributed by atoms with Crippen LogP contribution in [0.5, 0.6) is 0 Å². The fourth-order valence-corrected chi connectivity index (χ4v) is 1.30. The zero-order valence-corrected chi connectivity index (χ0v) is 9.98. The lowest BCUT2D eigenvalue weighted by atomic mass is 10.00. The van der Waals surface area contributed by atoms with Gasteiger partial charge in [0.1, 0.15) is 12.3 Å². The molecule has 1 atom stereocenters. The summed E-state index contributed by atoms with van der Waals surface area (Å²) in [6, 6.07) is 1.55. The third-order valence-electron chi connectivity index (χ3n) is 2.29. The number of rotatable bonds is 7. The first-order chi connectivity index (χ1) is 8.19. The molecular formula is C13H17NO3. The van der Waals surface area contributed by atoms with Crippen molar-refractivity contribution in [3.05, 3.63) is 11.8 Å². The van der Waals surface area contributed by atoms with Crippen LogP contribution in [0, 0.1) is 29.6 Å². The molecule has 0 saturated carbocycles. The van der Waals surface area contributed by atoms with E-state index in [4.69, 9.17) is 21.5 Å². The molecule has 0 saturated heterocycles. The maximum atomic E-state index is 11.3. The fourth-order valence-electron chi connectivity index (χ4n) is 1.30. The topological polar surface area (TPSA) is 70.3 Å². The van der Waals surface area contributed by atoms with Gasteiger partial charge >= 0.3 is 5.97 Å². The number of aliphatic hydroxyl groups excluding tert-OH is 1. The highest BCUT2D eigenvalue weighted by Gasteiger charge is 2.14. The van der Waals surface area contributed by atoms with Crippen LogP contribution in [0.3, 0.4) is 0 Å². The van der Waals surface area contributed by atoms with Gasteiger partial charge in [-0.2, -0.15) is 5.26 Å². The minimum absolute atomic E-state index is 0.113. The minimum Gasteiger partial charge on any atom is -0.514 e. The average Bonchev–Trinajstić information content (AvgIpc) is 2.34. The summed E-state index contributed by atoms with van der Waals surface area (Å²) in [5.41, 5.74) is -0.403. The summed E-state index contributed by atoms with van der Waals surface area (Å²) >= 11 is 0. The maximum Gasteiger partial charge on any atom is 0.352 e. The number of nitriles is 1. The molecule has 0 fully saturated rings. The summed E-state index contributed by atoms with van der Waals surface area (Å²) < 4.78 is 4.91. The molecule has 0 rings (SSSR count). The third kappa shape index (κ3) is 6.27. The average molecular weight is 235 g/mol. The third-order valence-corrected chi connectivity index (χ3v) is 2.29. The van der Waals surface area contributed by atoms with E-state index in [1.165, 1.54) is 0 Å². The standard InChI is InChI=1S/C13H17NO3/c1-3-5-7-11(6-4-2)10-17-13(16)12(8-14)9-15/h2,9,11,15H,3,5-7,10H2,1H3/b12-9-. The molecule has 0 aromatic rings. The van der Waals surface area contributed by atoms with Crippen molar-refractivity contribution in [1.82, 2.24) is 0 Å². The molecule has 0 amide bonds. The van der Waals surface area contributed by atoms with Gasteiger partial charge in [0.15, 0.2) is 5.57 Å². The molecule has 0 aliphatic carbocycles. The van der Waals surface area contributed by atoms with Crippen LogP contribution in [-0.2, 0) is 9.53 Å². The Bertz CT molecular complexity index is 347. The van der Waals surface area contributed by atoms with Crippen molar-refractivity contribution in [2.45, 2.75) is 32.6 Å². The van der Waals surface area contributed by atoms with E-state index < -0.39 is 11.5 Å². The van der Waals surface area contributed by atoms with Crippen molar-refractivity contribution in [2.75, 3.05) is 6.61 Å². The van der Waals surface area contributed by atoms with Crippen LogP contribution in [0.15, 0.2) is 11.8 Å². The van der Waals surface area contributed by atoms with E-state index in [0.29, 0.717) is 12.7 Å². The zero-order chi connectivity index (χ0) is 13.1. The summed E-state index contributed by atoms with van der Waals surface area (Å²) in [6.07, 6.45) is 9.17. The molecule has 0 radical (unpaired) electrons. The number of hydrogen-bond acceptors (Lipinski definition) is 4. The van der Waals surface area contributed by atoms with Gasteiger partial charge in [0, 0.05) is 12.3 Å². The minimum atomic E-state index is -0.812. The molecule has 4 nitrogen and oxygen atoms in total. The number of ether oxygens (including phenoxy) is 1. The van der Waals surface area contributed by atoms with Crippen molar-refractivity contribution in [3.8, 4) is 18.4 Å². The van der Waals surface area contributed by atoms with Crippen molar-refractivity contribution in [2.24, 2.45) is 5.92 Å². The van der Waals surface area contributed by atoms with Crippen molar-refractivity contribution >= 4 is 5.97 Å². The van der Waals surface area contributed by atoms with E-state index in [9.17, 15) is 4.79 Å². The summed E-state index contributed by atoms with van der Waals surface area (Å²) in [4.78, 5) is 11.3. The van der Waals surface area contributed by atoms with Crippen LogP contribution in [0.25, 0.3) is 0 Å².